The molecular formula is C26H27ClN6O4. The number of aromatic nitrogens is 4. The first kappa shape index (κ1) is 24.6. The number of carbonyl (C=O) groups excluding carboxylic acids is 1. The van der Waals surface area contributed by atoms with Gasteiger partial charge in [-0.05, 0) is 42.0 Å². The van der Waals surface area contributed by atoms with Gasteiger partial charge in [0.25, 0.3) is 11.5 Å². The lowest BCUT2D eigenvalue weighted by molar-refractivity contribution is 0.0746. The molecule has 0 bridgehead atoms. The van der Waals surface area contributed by atoms with E-state index in [1.165, 1.54) is 11.6 Å². The van der Waals surface area contributed by atoms with Gasteiger partial charge in [0.1, 0.15) is 5.75 Å². The van der Waals surface area contributed by atoms with Crippen LogP contribution in [0.4, 0.5) is 5.95 Å². The first-order valence-electron chi connectivity index (χ1n) is 11.9. The number of nitrogens with zero attached hydrogens (tertiary/aromatic N) is 6. The van der Waals surface area contributed by atoms with Crippen molar-refractivity contribution in [1.82, 2.24) is 23.6 Å². The molecule has 0 spiro atoms. The molecule has 0 atom stereocenters. The number of hydrogen-bond donors (Lipinski definition) is 0. The Hall–Kier alpha value is -4.05. The van der Waals surface area contributed by atoms with Crippen molar-refractivity contribution in [1.29, 1.82) is 0 Å². The summed E-state index contributed by atoms with van der Waals surface area (Å²) in [7, 11) is 4.66. The Morgan fingerprint density at radius 3 is 2.22 bits per heavy atom. The van der Waals surface area contributed by atoms with Crippen molar-refractivity contribution in [2.45, 2.75) is 6.54 Å². The van der Waals surface area contributed by atoms with Crippen molar-refractivity contribution >= 4 is 34.6 Å². The largest absolute Gasteiger partial charge is 0.497 e. The second kappa shape index (κ2) is 9.78. The van der Waals surface area contributed by atoms with Crippen LogP contribution >= 0.6 is 11.6 Å². The predicted octanol–water partition coefficient (Wildman–Crippen LogP) is 2.11. The maximum absolute atomic E-state index is 13.2. The first-order valence-corrected chi connectivity index (χ1v) is 12.2. The molecule has 1 saturated heterocycles. The predicted molar refractivity (Wildman–Crippen MR) is 142 cm³/mol. The Balaban J connectivity index is 1.48. The van der Waals surface area contributed by atoms with Crippen molar-refractivity contribution in [3.8, 4) is 5.75 Å². The number of halogens is 1. The zero-order valence-electron chi connectivity index (χ0n) is 20.8. The third-order valence-corrected chi connectivity index (χ3v) is 7.02. The van der Waals surface area contributed by atoms with Crippen LogP contribution in [0.5, 0.6) is 5.75 Å². The summed E-state index contributed by atoms with van der Waals surface area (Å²) in [6.07, 6.45) is 0. The van der Waals surface area contributed by atoms with E-state index in [4.69, 9.17) is 21.3 Å². The van der Waals surface area contributed by atoms with Crippen LogP contribution in [-0.2, 0) is 20.6 Å². The molecular weight excluding hydrogens is 496 g/mol. The standard InChI is InChI=1S/C26H27ClN6O4/c1-29-22-21(24(35)30(2)26(29)36)33(16-17-4-8-19(27)9-5-17)25(28-22)32-14-12-31(13-15-32)23(34)18-6-10-20(37-3)11-7-18/h4-11H,12-16H2,1-3H3. The second-order valence-corrected chi connectivity index (χ2v) is 9.45. The molecule has 0 aliphatic carbocycles. The van der Waals surface area contributed by atoms with Crippen LogP contribution in [0.2, 0.25) is 5.02 Å². The molecule has 1 amide bonds. The fourth-order valence-corrected chi connectivity index (χ4v) is 4.75. The van der Waals surface area contributed by atoms with E-state index < -0.39 is 11.2 Å². The molecule has 37 heavy (non-hydrogen) atoms. The Kier molecular flexibility index (Phi) is 6.51. The lowest BCUT2D eigenvalue weighted by atomic mass is 10.1. The van der Waals surface area contributed by atoms with E-state index in [9.17, 15) is 14.4 Å². The molecule has 11 heteroatoms. The van der Waals surface area contributed by atoms with Crippen LogP contribution < -0.4 is 20.9 Å². The number of fused-ring (bicyclic) bond motifs is 1. The maximum atomic E-state index is 13.2. The average Bonchev–Trinajstić information content (AvgIpc) is 3.31. The summed E-state index contributed by atoms with van der Waals surface area (Å²) in [6.45, 7) is 2.42. The second-order valence-electron chi connectivity index (χ2n) is 9.01. The van der Waals surface area contributed by atoms with Crippen LogP contribution in [0.1, 0.15) is 15.9 Å². The Bertz CT molecular complexity index is 1580. The minimum Gasteiger partial charge on any atom is -0.497 e. The van der Waals surface area contributed by atoms with E-state index in [-0.39, 0.29) is 5.91 Å². The van der Waals surface area contributed by atoms with Crippen molar-refractivity contribution in [2.75, 3.05) is 38.2 Å². The smallest absolute Gasteiger partial charge is 0.332 e. The quantitative estimate of drug-likeness (QED) is 0.398. The zero-order valence-corrected chi connectivity index (χ0v) is 21.6. The zero-order chi connectivity index (χ0) is 26.3. The summed E-state index contributed by atoms with van der Waals surface area (Å²) >= 11 is 6.07. The molecule has 3 heterocycles. The molecule has 1 aliphatic rings. The first-order chi connectivity index (χ1) is 17.8. The molecule has 2 aromatic carbocycles. The topological polar surface area (TPSA) is 94.6 Å². The van der Waals surface area contributed by atoms with Crippen LogP contribution in [-0.4, -0.2) is 62.8 Å². The maximum Gasteiger partial charge on any atom is 0.332 e. The fraction of sp³-hybridized carbons (Fsp3) is 0.308. The number of amides is 1. The molecule has 1 fully saturated rings. The lowest BCUT2D eigenvalue weighted by Crippen LogP contribution is -2.49. The summed E-state index contributed by atoms with van der Waals surface area (Å²) in [6, 6.07) is 14.5. The molecule has 0 unspecified atom stereocenters. The molecule has 10 nitrogen and oxygen atoms in total. The number of imidazole rings is 1. The lowest BCUT2D eigenvalue weighted by Gasteiger charge is -2.35. The average molecular weight is 523 g/mol. The minimum absolute atomic E-state index is 0.0479. The molecule has 2 aromatic heterocycles. The monoisotopic (exact) mass is 522 g/mol. The van der Waals surface area contributed by atoms with Gasteiger partial charge in [0.15, 0.2) is 11.2 Å². The molecule has 192 valence electrons. The van der Waals surface area contributed by atoms with E-state index in [1.54, 1.807) is 55.5 Å². The number of methoxy groups -OCH3 is 1. The van der Waals surface area contributed by atoms with Crippen LogP contribution in [0.15, 0.2) is 58.1 Å². The van der Waals surface area contributed by atoms with Crippen molar-refractivity contribution in [3.63, 3.8) is 0 Å². The normalized spacial score (nSPS) is 13.8. The van der Waals surface area contributed by atoms with Gasteiger partial charge < -0.3 is 14.5 Å². The number of piperazine rings is 1. The Labute approximate surface area is 217 Å². The molecule has 0 N–H and O–H groups in total. The van der Waals surface area contributed by atoms with Crippen LogP contribution in [0.25, 0.3) is 11.2 Å². The number of ether oxygens (including phenoxy) is 1. The molecule has 4 aromatic rings. The third kappa shape index (κ3) is 4.48. The van der Waals surface area contributed by atoms with Gasteiger partial charge in [-0.25, -0.2) is 4.79 Å². The Morgan fingerprint density at radius 1 is 0.946 bits per heavy atom. The highest BCUT2D eigenvalue weighted by Gasteiger charge is 2.27. The fourth-order valence-electron chi connectivity index (χ4n) is 4.62. The van der Waals surface area contributed by atoms with E-state index >= 15 is 0 Å². The van der Waals surface area contributed by atoms with Gasteiger partial charge in [-0.3, -0.25) is 23.3 Å². The van der Waals surface area contributed by atoms with Crippen molar-refractivity contribution in [3.05, 3.63) is 85.5 Å². The van der Waals surface area contributed by atoms with E-state index in [0.29, 0.717) is 66.2 Å². The SMILES string of the molecule is COc1ccc(C(=O)N2CCN(c3nc4c(c(=O)n(C)c(=O)n4C)n3Cc3ccc(Cl)cc3)CC2)cc1. The van der Waals surface area contributed by atoms with Gasteiger partial charge in [0.05, 0.1) is 13.7 Å². The van der Waals surface area contributed by atoms with Gasteiger partial charge in [0.2, 0.25) is 5.95 Å². The highest BCUT2D eigenvalue weighted by molar-refractivity contribution is 6.30. The van der Waals surface area contributed by atoms with E-state index in [0.717, 1.165) is 10.1 Å². The van der Waals surface area contributed by atoms with Crippen LogP contribution in [0.3, 0.4) is 0 Å². The highest BCUT2D eigenvalue weighted by atomic mass is 35.5. The number of benzene rings is 2. The Morgan fingerprint density at radius 2 is 1.59 bits per heavy atom. The summed E-state index contributed by atoms with van der Waals surface area (Å²) in [5.74, 6) is 1.23. The number of carbonyl (C=O) groups is 1. The highest BCUT2D eigenvalue weighted by Crippen LogP contribution is 2.24. The summed E-state index contributed by atoms with van der Waals surface area (Å²) < 4.78 is 9.52. The number of anilines is 1. The molecule has 5 rings (SSSR count). The van der Waals surface area contributed by atoms with Gasteiger partial charge >= 0.3 is 5.69 Å². The molecule has 0 radical (unpaired) electrons. The van der Waals surface area contributed by atoms with Gasteiger partial charge in [-0.2, -0.15) is 4.98 Å². The number of aryl methyl sites for hydroxylation is 1. The summed E-state index contributed by atoms with van der Waals surface area (Å²) in [4.78, 5) is 47.4. The van der Waals surface area contributed by atoms with Gasteiger partial charge in [0, 0.05) is 50.9 Å². The van der Waals surface area contributed by atoms with Crippen molar-refractivity contribution in [2.24, 2.45) is 14.1 Å². The van der Waals surface area contributed by atoms with E-state index in [1.807, 2.05) is 16.7 Å². The minimum atomic E-state index is -0.435. The molecule has 0 saturated carbocycles. The van der Waals surface area contributed by atoms with Crippen molar-refractivity contribution < 1.29 is 9.53 Å². The third-order valence-electron chi connectivity index (χ3n) is 6.77. The number of hydrogen-bond acceptors (Lipinski definition) is 6. The summed E-state index contributed by atoms with van der Waals surface area (Å²) in [5.41, 5.74) is 1.38. The summed E-state index contributed by atoms with van der Waals surface area (Å²) in [5, 5.41) is 0.621. The number of rotatable bonds is 5. The van der Waals surface area contributed by atoms with E-state index in [2.05, 4.69) is 4.90 Å². The van der Waals surface area contributed by atoms with Gasteiger partial charge in [-0.15, -0.1) is 0 Å². The van der Waals surface area contributed by atoms with Crippen LogP contribution in [0, 0.1) is 0 Å². The van der Waals surface area contributed by atoms with Gasteiger partial charge in [-0.1, -0.05) is 23.7 Å². The molecule has 1 aliphatic heterocycles.